The number of imidazole rings is 1. The highest BCUT2D eigenvalue weighted by atomic mass is 79.9. The van der Waals surface area contributed by atoms with Gasteiger partial charge in [0.1, 0.15) is 17.5 Å². The summed E-state index contributed by atoms with van der Waals surface area (Å²) in [7, 11) is 0. The van der Waals surface area contributed by atoms with Crippen molar-refractivity contribution in [1.29, 1.82) is 0 Å². The quantitative estimate of drug-likeness (QED) is 0.587. The van der Waals surface area contributed by atoms with Crippen molar-refractivity contribution in [2.45, 2.75) is 20.4 Å². The van der Waals surface area contributed by atoms with E-state index in [0.29, 0.717) is 34.1 Å². The van der Waals surface area contributed by atoms with Gasteiger partial charge in [-0.3, -0.25) is 4.79 Å². The summed E-state index contributed by atoms with van der Waals surface area (Å²) in [4.78, 5) is 19.7. The van der Waals surface area contributed by atoms with Gasteiger partial charge in [-0.1, -0.05) is 35.3 Å². The third-order valence-electron chi connectivity index (χ3n) is 3.98. The van der Waals surface area contributed by atoms with E-state index in [1.165, 1.54) is 0 Å². The number of hydrogen-bond acceptors (Lipinski definition) is 3. The second-order valence-corrected chi connectivity index (χ2v) is 7.29. The van der Waals surface area contributed by atoms with Crippen LogP contribution in [0.4, 0.5) is 0 Å². The van der Waals surface area contributed by atoms with Gasteiger partial charge in [-0.05, 0) is 47.5 Å². The standard InChI is InChI=1S/C18H16BrCl2N3O2/c1-10-14(16(25)15(19)11(2)23-10)12-3-5-13(6-4-12)26-8-7-24-9-22-17(20)18(24)21/h3-6,9H,7-8H2,1-2H3,(H,23,25). The third-order valence-corrected chi connectivity index (χ3v) is 5.71. The maximum absolute atomic E-state index is 12.5. The topological polar surface area (TPSA) is 59.9 Å². The Hall–Kier alpha value is -1.76. The minimum absolute atomic E-state index is 0.0287. The predicted molar refractivity (Wildman–Crippen MR) is 107 cm³/mol. The summed E-state index contributed by atoms with van der Waals surface area (Å²) in [5.41, 5.74) is 3.10. The predicted octanol–water partition coefficient (Wildman–Crippen LogP) is 5.00. The molecule has 0 fully saturated rings. The summed E-state index contributed by atoms with van der Waals surface area (Å²) >= 11 is 15.2. The molecular formula is C18H16BrCl2N3O2. The molecule has 0 saturated heterocycles. The van der Waals surface area contributed by atoms with Crippen molar-refractivity contribution in [3.05, 3.63) is 67.0 Å². The molecule has 0 aliphatic rings. The molecule has 1 aromatic carbocycles. The molecule has 26 heavy (non-hydrogen) atoms. The molecule has 2 heterocycles. The summed E-state index contributed by atoms with van der Waals surface area (Å²) in [6.45, 7) is 4.70. The molecule has 5 nitrogen and oxygen atoms in total. The lowest BCUT2D eigenvalue weighted by atomic mass is 10.0. The zero-order valence-electron chi connectivity index (χ0n) is 14.1. The van der Waals surface area contributed by atoms with Gasteiger partial charge in [0.25, 0.3) is 0 Å². The van der Waals surface area contributed by atoms with E-state index in [0.717, 1.165) is 17.0 Å². The normalized spacial score (nSPS) is 11.0. The Bertz CT molecular complexity index is 997. The van der Waals surface area contributed by atoms with Gasteiger partial charge in [-0.2, -0.15) is 0 Å². The van der Waals surface area contributed by atoms with Crippen LogP contribution in [0.2, 0.25) is 10.3 Å². The second kappa shape index (κ2) is 7.86. The summed E-state index contributed by atoms with van der Waals surface area (Å²) in [5, 5.41) is 0.672. The van der Waals surface area contributed by atoms with E-state index in [-0.39, 0.29) is 10.6 Å². The number of rotatable bonds is 5. The maximum Gasteiger partial charge on any atom is 0.204 e. The fourth-order valence-corrected chi connectivity index (χ4v) is 3.30. The number of nitrogens with zero attached hydrogens (tertiary/aromatic N) is 2. The number of pyridine rings is 1. The summed E-state index contributed by atoms with van der Waals surface area (Å²) in [5.74, 6) is 0.705. The molecule has 1 N–H and O–H groups in total. The molecule has 8 heteroatoms. The Morgan fingerprint density at radius 2 is 1.88 bits per heavy atom. The Labute approximate surface area is 169 Å². The first-order chi connectivity index (χ1) is 12.4. The molecule has 0 spiro atoms. The van der Waals surface area contributed by atoms with Crippen LogP contribution in [-0.2, 0) is 6.54 Å². The molecule has 0 amide bonds. The van der Waals surface area contributed by atoms with Crippen molar-refractivity contribution >= 4 is 39.1 Å². The number of hydrogen-bond donors (Lipinski definition) is 1. The van der Waals surface area contributed by atoms with E-state index in [4.69, 9.17) is 27.9 Å². The van der Waals surface area contributed by atoms with Crippen LogP contribution >= 0.6 is 39.1 Å². The van der Waals surface area contributed by atoms with Gasteiger partial charge < -0.3 is 14.3 Å². The van der Waals surface area contributed by atoms with Crippen molar-refractivity contribution in [2.24, 2.45) is 0 Å². The average Bonchev–Trinajstić information content (AvgIpc) is 2.93. The van der Waals surface area contributed by atoms with Crippen molar-refractivity contribution < 1.29 is 4.74 Å². The van der Waals surface area contributed by atoms with Gasteiger partial charge in [0.15, 0.2) is 5.15 Å². The lowest BCUT2D eigenvalue weighted by Gasteiger charge is -2.11. The van der Waals surface area contributed by atoms with E-state index < -0.39 is 0 Å². The van der Waals surface area contributed by atoms with Gasteiger partial charge in [-0.15, -0.1) is 0 Å². The summed E-state index contributed by atoms with van der Waals surface area (Å²) in [6.07, 6.45) is 1.57. The van der Waals surface area contributed by atoms with E-state index >= 15 is 0 Å². The largest absolute Gasteiger partial charge is 0.492 e. The van der Waals surface area contributed by atoms with Crippen molar-refractivity contribution in [3.63, 3.8) is 0 Å². The fraction of sp³-hybridized carbons (Fsp3) is 0.222. The molecule has 0 unspecified atom stereocenters. The van der Waals surface area contributed by atoms with Crippen LogP contribution in [-0.4, -0.2) is 21.1 Å². The number of H-pyrrole nitrogens is 1. The van der Waals surface area contributed by atoms with Crippen LogP contribution in [0.5, 0.6) is 5.75 Å². The number of aromatic nitrogens is 3. The van der Waals surface area contributed by atoms with Crippen molar-refractivity contribution in [1.82, 2.24) is 14.5 Å². The molecule has 0 saturated carbocycles. The molecule has 3 aromatic rings. The van der Waals surface area contributed by atoms with Crippen LogP contribution in [0, 0.1) is 13.8 Å². The van der Waals surface area contributed by atoms with Crippen molar-refractivity contribution in [2.75, 3.05) is 6.61 Å². The summed E-state index contributed by atoms with van der Waals surface area (Å²) in [6, 6.07) is 7.42. The molecule has 0 aliphatic heterocycles. The number of benzene rings is 1. The third kappa shape index (κ3) is 3.82. The zero-order valence-corrected chi connectivity index (χ0v) is 17.2. The van der Waals surface area contributed by atoms with Crippen LogP contribution in [0.25, 0.3) is 11.1 Å². The van der Waals surface area contributed by atoms with E-state index in [1.807, 2.05) is 38.1 Å². The van der Waals surface area contributed by atoms with Gasteiger partial charge in [0, 0.05) is 17.0 Å². The monoisotopic (exact) mass is 455 g/mol. The molecule has 0 bridgehead atoms. The zero-order chi connectivity index (χ0) is 18.8. The Morgan fingerprint density at radius 1 is 1.19 bits per heavy atom. The van der Waals surface area contributed by atoms with E-state index in [1.54, 1.807) is 10.9 Å². The second-order valence-electron chi connectivity index (χ2n) is 5.79. The molecule has 0 radical (unpaired) electrons. The Morgan fingerprint density at radius 3 is 2.50 bits per heavy atom. The van der Waals surface area contributed by atoms with Gasteiger partial charge in [-0.25, -0.2) is 4.98 Å². The SMILES string of the molecule is Cc1[nH]c(C)c(-c2ccc(OCCn3cnc(Cl)c3Cl)cc2)c(=O)c1Br. The first-order valence-corrected chi connectivity index (χ1v) is 9.41. The smallest absolute Gasteiger partial charge is 0.204 e. The minimum Gasteiger partial charge on any atom is -0.492 e. The minimum atomic E-state index is -0.0287. The fourth-order valence-electron chi connectivity index (χ4n) is 2.67. The van der Waals surface area contributed by atoms with E-state index in [2.05, 4.69) is 25.9 Å². The number of nitrogens with one attached hydrogen (secondary N) is 1. The Balaban J connectivity index is 1.72. The van der Waals surface area contributed by atoms with Crippen LogP contribution < -0.4 is 10.2 Å². The molecule has 0 aliphatic carbocycles. The molecule has 0 atom stereocenters. The van der Waals surface area contributed by atoms with Gasteiger partial charge in [0.2, 0.25) is 5.43 Å². The lowest BCUT2D eigenvalue weighted by molar-refractivity contribution is 0.298. The number of halogens is 3. The van der Waals surface area contributed by atoms with Crippen LogP contribution in [0.3, 0.4) is 0 Å². The van der Waals surface area contributed by atoms with Crippen LogP contribution in [0.1, 0.15) is 11.4 Å². The average molecular weight is 457 g/mol. The first kappa shape index (κ1) is 19.0. The lowest BCUT2D eigenvalue weighted by Crippen LogP contribution is -2.12. The highest BCUT2D eigenvalue weighted by Crippen LogP contribution is 2.25. The van der Waals surface area contributed by atoms with Gasteiger partial charge >= 0.3 is 0 Å². The van der Waals surface area contributed by atoms with Crippen molar-refractivity contribution in [3.8, 4) is 16.9 Å². The molecule has 3 rings (SSSR count). The van der Waals surface area contributed by atoms with Crippen LogP contribution in [0.15, 0.2) is 39.9 Å². The number of aromatic amines is 1. The Kier molecular flexibility index (Phi) is 5.75. The van der Waals surface area contributed by atoms with E-state index in [9.17, 15) is 4.79 Å². The number of ether oxygens (including phenoxy) is 1. The highest BCUT2D eigenvalue weighted by Gasteiger charge is 2.12. The first-order valence-electron chi connectivity index (χ1n) is 7.87. The van der Waals surface area contributed by atoms with Gasteiger partial charge in [0.05, 0.1) is 17.3 Å². The maximum atomic E-state index is 12.5. The molecule has 2 aromatic heterocycles. The highest BCUT2D eigenvalue weighted by molar-refractivity contribution is 9.10. The molecular weight excluding hydrogens is 441 g/mol. The number of aryl methyl sites for hydroxylation is 2. The molecule has 136 valence electrons. The summed E-state index contributed by atoms with van der Waals surface area (Å²) < 4.78 is 7.99.